The first-order valence-electron chi connectivity index (χ1n) is 13.3. The number of hydrogen-bond acceptors (Lipinski definition) is 2. The van der Waals surface area contributed by atoms with Crippen molar-refractivity contribution in [1.29, 1.82) is 0 Å². The maximum Gasteiger partial charge on any atom is 0.0690 e. The predicted molar refractivity (Wildman–Crippen MR) is 150 cm³/mol. The Morgan fingerprint density at radius 3 is 1.97 bits per heavy atom. The van der Waals surface area contributed by atoms with Gasteiger partial charge < -0.3 is 9.97 Å². The van der Waals surface area contributed by atoms with Crippen molar-refractivity contribution < 1.29 is 0 Å². The van der Waals surface area contributed by atoms with Gasteiger partial charge in [0.15, 0.2) is 0 Å². The number of fused-ring (bicyclic) bond motifs is 8. The van der Waals surface area contributed by atoms with Crippen LogP contribution in [0.3, 0.4) is 0 Å². The zero-order valence-electron chi connectivity index (χ0n) is 20.8. The largest absolute Gasteiger partial charge is 0.355 e. The van der Waals surface area contributed by atoms with Crippen molar-refractivity contribution >= 4 is 46.4 Å². The number of aryl methyl sites for hydroxylation is 1. The van der Waals surface area contributed by atoms with Crippen LogP contribution in [-0.4, -0.2) is 19.9 Å². The van der Waals surface area contributed by atoms with Gasteiger partial charge >= 0.3 is 0 Å². The molecule has 5 rings (SSSR count). The maximum absolute atomic E-state index is 4.98. The van der Waals surface area contributed by atoms with Crippen LogP contribution in [0.1, 0.15) is 93.1 Å². The highest BCUT2D eigenvalue weighted by atomic mass is 14.8. The molecule has 0 aromatic carbocycles. The number of aromatic nitrogens is 4. The molecular formula is C31H36N4. The van der Waals surface area contributed by atoms with Crippen molar-refractivity contribution in [3.63, 3.8) is 0 Å². The van der Waals surface area contributed by atoms with Crippen LogP contribution in [0.25, 0.3) is 46.4 Å². The van der Waals surface area contributed by atoms with Crippen LogP contribution in [0.15, 0.2) is 42.5 Å². The highest BCUT2D eigenvalue weighted by Gasteiger charge is 2.09. The minimum absolute atomic E-state index is 0.939. The van der Waals surface area contributed by atoms with E-state index in [0.29, 0.717) is 0 Å². The average molecular weight is 465 g/mol. The van der Waals surface area contributed by atoms with Gasteiger partial charge in [0.1, 0.15) is 0 Å². The lowest BCUT2D eigenvalue weighted by atomic mass is 10.0. The molecular weight excluding hydrogens is 428 g/mol. The molecule has 8 bridgehead atoms. The summed E-state index contributed by atoms with van der Waals surface area (Å²) in [5, 5.41) is 0. The van der Waals surface area contributed by atoms with E-state index in [0.717, 1.165) is 45.7 Å². The van der Waals surface area contributed by atoms with E-state index < -0.39 is 0 Å². The molecule has 0 saturated carbocycles. The zero-order chi connectivity index (χ0) is 23.9. The van der Waals surface area contributed by atoms with Crippen molar-refractivity contribution in [2.75, 3.05) is 0 Å². The van der Waals surface area contributed by atoms with Gasteiger partial charge in [-0.1, -0.05) is 58.3 Å². The van der Waals surface area contributed by atoms with E-state index in [1.54, 1.807) is 0 Å². The average Bonchev–Trinajstić information content (AvgIpc) is 3.65. The second-order valence-corrected chi connectivity index (χ2v) is 9.74. The van der Waals surface area contributed by atoms with Crippen LogP contribution in [-0.2, 0) is 6.42 Å². The first-order valence-corrected chi connectivity index (χ1v) is 13.3. The summed E-state index contributed by atoms with van der Waals surface area (Å²) < 4.78 is 0. The maximum atomic E-state index is 4.98. The van der Waals surface area contributed by atoms with Gasteiger partial charge in [0, 0.05) is 27.6 Å². The quantitative estimate of drug-likeness (QED) is 0.203. The standard InChI is InChI=1S/C31H36N4/c1-2-3-4-5-6-7-8-9-10-11-29-30-18-16-27(34-30)21-25-14-12-23(32-25)20-24-13-15-26(33-24)22-28-17-19-31(29)35-28/h12-22,32,34H,2-11H2,1H3. The number of aromatic amines is 2. The third-order valence-electron chi connectivity index (χ3n) is 6.86. The summed E-state index contributed by atoms with van der Waals surface area (Å²) >= 11 is 0. The minimum Gasteiger partial charge on any atom is -0.355 e. The molecule has 0 atom stereocenters. The van der Waals surface area contributed by atoms with Crippen LogP contribution in [0.4, 0.5) is 0 Å². The summed E-state index contributed by atoms with van der Waals surface area (Å²) in [6, 6.07) is 14.9. The SMILES string of the molecule is CCCCCCCCCCCc1c2nc(cc3nc(cc4ccc(cc5ccc1[nH]5)[nH]4)C=C3)C=C2. The molecule has 0 saturated heterocycles. The molecule has 0 aliphatic carbocycles. The van der Waals surface area contributed by atoms with Crippen molar-refractivity contribution in [2.45, 2.75) is 71.1 Å². The Hall–Kier alpha value is -3.40. The van der Waals surface area contributed by atoms with Gasteiger partial charge in [0.05, 0.1) is 22.8 Å². The van der Waals surface area contributed by atoms with Gasteiger partial charge in [-0.15, -0.1) is 0 Å². The highest BCUT2D eigenvalue weighted by molar-refractivity contribution is 5.79. The topological polar surface area (TPSA) is 57.4 Å². The van der Waals surface area contributed by atoms with E-state index in [2.05, 4.69) is 83.7 Å². The molecule has 4 heteroatoms. The Labute approximate surface area is 208 Å². The Morgan fingerprint density at radius 2 is 1.17 bits per heavy atom. The van der Waals surface area contributed by atoms with Gasteiger partial charge in [0.2, 0.25) is 0 Å². The first kappa shape index (κ1) is 23.3. The molecule has 2 aliphatic rings. The van der Waals surface area contributed by atoms with Crippen LogP contribution < -0.4 is 0 Å². The number of hydrogen-bond donors (Lipinski definition) is 2. The van der Waals surface area contributed by atoms with E-state index in [-0.39, 0.29) is 0 Å². The van der Waals surface area contributed by atoms with Crippen LogP contribution >= 0.6 is 0 Å². The van der Waals surface area contributed by atoms with Crippen molar-refractivity contribution in [2.24, 2.45) is 0 Å². The summed E-state index contributed by atoms with van der Waals surface area (Å²) in [7, 11) is 0. The fourth-order valence-electron chi connectivity index (χ4n) is 4.94. The van der Waals surface area contributed by atoms with E-state index in [4.69, 9.17) is 9.97 Å². The smallest absolute Gasteiger partial charge is 0.0690 e. The second-order valence-electron chi connectivity index (χ2n) is 9.74. The zero-order valence-corrected chi connectivity index (χ0v) is 20.8. The fraction of sp³-hybridized carbons (Fsp3) is 0.355. The summed E-state index contributed by atoms with van der Waals surface area (Å²) in [5.41, 5.74) is 9.60. The van der Waals surface area contributed by atoms with Crippen molar-refractivity contribution in [3.8, 4) is 0 Å². The molecule has 35 heavy (non-hydrogen) atoms. The summed E-state index contributed by atoms with van der Waals surface area (Å²) in [6.45, 7) is 2.28. The molecule has 2 N–H and O–H groups in total. The molecule has 3 aromatic heterocycles. The van der Waals surface area contributed by atoms with Crippen LogP contribution in [0.5, 0.6) is 0 Å². The van der Waals surface area contributed by atoms with E-state index in [1.165, 1.54) is 68.9 Å². The molecule has 0 radical (unpaired) electrons. The number of H-pyrrole nitrogens is 2. The fourth-order valence-corrected chi connectivity index (χ4v) is 4.94. The molecule has 180 valence electrons. The van der Waals surface area contributed by atoms with Gasteiger partial charge in [-0.05, 0) is 79.6 Å². The lowest BCUT2D eigenvalue weighted by molar-refractivity contribution is 0.565. The van der Waals surface area contributed by atoms with E-state index >= 15 is 0 Å². The summed E-state index contributed by atoms with van der Waals surface area (Å²) in [4.78, 5) is 16.8. The van der Waals surface area contributed by atoms with Crippen molar-refractivity contribution in [1.82, 2.24) is 19.9 Å². The van der Waals surface area contributed by atoms with Crippen molar-refractivity contribution in [3.05, 3.63) is 70.8 Å². The third kappa shape index (κ3) is 6.19. The Morgan fingerprint density at radius 1 is 0.571 bits per heavy atom. The number of nitrogens with one attached hydrogen (secondary N) is 2. The third-order valence-corrected chi connectivity index (χ3v) is 6.86. The number of unbranched alkanes of at least 4 members (excludes halogenated alkanes) is 8. The van der Waals surface area contributed by atoms with Gasteiger partial charge in [0.25, 0.3) is 0 Å². The molecule has 5 heterocycles. The molecule has 0 unspecified atom stereocenters. The van der Waals surface area contributed by atoms with Gasteiger partial charge in [-0.3, -0.25) is 0 Å². The molecule has 2 aliphatic heterocycles. The molecule has 0 fully saturated rings. The second kappa shape index (κ2) is 11.4. The molecule has 3 aromatic rings. The Kier molecular flexibility index (Phi) is 7.57. The summed E-state index contributed by atoms with van der Waals surface area (Å²) in [5.74, 6) is 0. The van der Waals surface area contributed by atoms with Crippen LogP contribution in [0.2, 0.25) is 0 Å². The predicted octanol–water partition coefficient (Wildman–Crippen LogP) is 8.73. The number of rotatable bonds is 10. The number of nitrogens with zero attached hydrogens (tertiary/aromatic N) is 2. The van der Waals surface area contributed by atoms with E-state index in [1.807, 2.05) is 0 Å². The van der Waals surface area contributed by atoms with Gasteiger partial charge in [-0.2, -0.15) is 0 Å². The van der Waals surface area contributed by atoms with Gasteiger partial charge in [-0.25, -0.2) is 9.97 Å². The van der Waals surface area contributed by atoms with Crippen LogP contribution in [0, 0.1) is 0 Å². The van der Waals surface area contributed by atoms with E-state index in [9.17, 15) is 0 Å². The first-order chi connectivity index (χ1) is 17.3. The molecule has 0 amide bonds. The molecule has 0 spiro atoms. The highest BCUT2D eigenvalue weighted by Crippen LogP contribution is 2.23. The lowest BCUT2D eigenvalue weighted by Crippen LogP contribution is -1.92. The Balaban J connectivity index is 1.43. The minimum atomic E-state index is 0.939. The Bertz CT molecular complexity index is 1370. The normalized spacial score (nSPS) is 12.5. The summed E-state index contributed by atoms with van der Waals surface area (Å²) in [6.07, 6.45) is 21.4. The monoisotopic (exact) mass is 464 g/mol. The lowest BCUT2D eigenvalue weighted by Gasteiger charge is -2.04. The molecule has 4 nitrogen and oxygen atoms in total.